The molecule has 98 valence electrons. The molecule has 0 N–H and O–H groups in total. The molecule has 4 heteroatoms. The Balaban J connectivity index is 2.25. The minimum absolute atomic E-state index is 0.133. The molecule has 0 aliphatic carbocycles. The van der Waals surface area contributed by atoms with Crippen molar-refractivity contribution in [2.45, 2.75) is 19.8 Å². The van der Waals surface area contributed by atoms with E-state index in [2.05, 4.69) is 5.92 Å². The van der Waals surface area contributed by atoms with Crippen molar-refractivity contribution in [1.29, 1.82) is 0 Å². The predicted octanol–water partition coefficient (Wildman–Crippen LogP) is 2.20. The molecule has 3 nitrogen and oxygen atoms in total. The molecular weight excluding hydrogens is 248 g/mol. The Labute approximate surface area is 109 Å². The third kappa shape index (κ3) is 5.24. The summed E-state index contributed by atoms with van der Waals surface area (Å²) in [5, 5.41) is 0. The maximum absolute atomic E-state index is 11.3. The Morgan fingerprint density at radius 3 is 2.67 bits per heavy atom. The number of unbranched alkanes of at least 4 members (excludes halogenated alkanes) is 1. The Morgan fingerprint density at radius 1 is 1.28 bits per heavy atom. The van der Waals surface area contributed by atoms with Gasteiger partial charge in [0.2, 0.25) is 0 Å². The highest BCUT2D eigenvalue weighted by molar-refractivity contribution is 7.91. The Hall–Kier alpha value is -1.47. The van der Waals surface area contributed by atoms with Crippen LogP contribution in [0.1, 0.15) is 18.4 Å². The summed E-state index contributed by atoms with van der Waals surface area (Å²) in [7, 11) is -3.08. The number of sulfone groups is 1. The number of hydrogen-bond donors (Lipinski definition) is 0. The maximum atomic E-state index is 11.3. The van der Waals surface area contributed by atoms with Crippen molar-refractivity contribution in [2.24, 2.45) is 0 Å². The van der Waals surface area contributed by atoms with E-state index in [1.165, 1.54) is 0 Å². The molecule has 0 aromatic heterocycles. The van der Waals surface area contributed by atoms with Crippen LogP contribution in [0.2, 0.25) is 0 Å². The van der Waals surface area contributed by atoms with Crippen molar-refractivity contribution in [2.75, 3.05) is 18.1 Å². The molecule has 0 radical (unpaired) electrons. The lowest BCUT2D eigenvalue weighted by Crippen LogP contribution is -2.10. The molecule has 18 heavy (non-hydrogen) atoms. The lowest BCUT2D eigenvalue weighted by atomic mass is 10.2. The highest BCUT2D eigenvalue weighted by atomic mass is 32.2. The molecular formula is C14H18O3S. The summed E-state index contributed by atoms with van der Waals surface area (Å²) in [5.74, 6) is 2.97. The molecule has 1 rings (SSSR count). The van der Waals surface area contributed by atoms with Gasteiger partial charge in [-0.1, -0.05) is 24.1 Å². The number of hydrogen-bond acceptors (Lipinski definition) is 3. The molecule has 0 aliphatic heterocycles. The van der Waals surface area contributed by atoms with Crippen LogP contribution < -0.4 is 4.74 Å². The van der Waals surface area contributed by atoms with Crippen LogP contribution in [-0.2, 0) is 9.84 Å². The van der Waals surface area contributed by atoms with Crippen LogP contribution in [0.15, 0.2) is 24.3 Å². The number of rotatable bonds is 7. The van der Waals surface area contributed by atoms with Gasteiger partial charge in [-0.3, -0.25) is 0 Å². The molecule has 0 heterocycles. The topological polar surface area (TPSA) is 43.4 Å². The van der Waals surface area contributed by atoms with E-state index in [1.807, 2.05) is 31.2 Å². The summed E-state index contributed by atoms with van der Waals surface area (Å²) in [6, 6.07) is 7.76. The molecule has 1 aromatic rings. The van der Waals surface area contributed by atoms with Crippen LogP contribution in [0.4, 0.5) is 0 Å². The van der Waals surface area contributed by atoms with E-state index >= 15 is 0 Å². The third-order valence-corrected chi connectivity index (χ3v) is 4.02. The van der Waals surface area contributed by atoms with Crippen molar-refractivity contribution in [3.63, 3.8) is 0 Å². The van der Waals surface area contributed by atoms with E-state index in [4.69, 9.17) is 11.2 Å². The fourth-order valence-corrected chi connectivity index (χ4v) is 2.57. The van der Waals surface area contributed by atoms with E-state index < -0.39 is 9.84 Å². The first kappa shape index (κ1) is 14.6. The number of para-hydroxylation sites is 1. The average molecular weight is 266 g/mol. The standard InChI is InChI=1S/C14H18O3S/c1-3-11-18(15,16)12-7-6-10-17-14-9-5-4-8-13(14)2/h1,4-5,8-9H,6-7,10-12H2,2H3. The predicted molar refractivity (Wildman–Crippen MR) is 73.4 cm³/mol. The van der Waals surface area contributed by atoms with Gasteiger partial charge in [0.05, 0.1) is 12.4 Å². The van der Waals surface area contributed by atoms with Gasteiger partial charge in [-0.05, 0) is 31.4 Å². The van der Waals surface area contributed by atoms with Gasteiger partial charge in [-0.15, -0.1) is 6.42 Å². The van der Waals surface area contributed by atoms with Crippen LogP contribution in [-0.4, -0.2) is 26.5 Å². The molecule has 0 fully saturated rings. The smallest absolute Gasteiger partial charge is 0.161 e. The fraction of sp³-hybridized carbons (Fsp3) is 0.429. The van der Waals surface area contributed by atoms with E-state index in [1.54, 1.807) is 0 Å². The first-order valence-electron chi connectivity index (χ1n) is 5.87. The first-order valence-corrected chi connectivity index (χ1v) is 7.69. The summed E-state index contributed by atoms with van der Waals surface area (Å²) in [6.45, 7) is 2.50. The summed E-state index contributed by atoms with van der Waals surface area (Å²) in [4.78, 5) is 0. The first-order chi connectivity index (χ1) is 8.55. The van der Waals surface area contributed by atoms with E-state index in [0.717, 1.165) is 11.3 Å². The SMILES string of the molecule is C#CCS(=O)(=O)CCCCOc1ccccc1C. The lowest BCUT2D eigenvalue weighted by Gasteiger charge is -2.08. The summed E-state index contributed by atoms with van der Waals surface area (Å²) in [5.41, 5.74) is 1.08. The molecule has 0 saturated heterocycles. The van der Waals surface area contributed by atoms with Crippen molar-refractivity contribution >= 4 is 9.84 Å². The van der Waals surface area contributed by atoms with Gasteiger partial charge in [0, 0.05) is 0 Å². The van der Waals surface area contributed by atoms with Gasteiger partial charge < -0.3 is 4.74 Å². The van der Waals surface area contributed by atoms with E-state index in [0.29, 0.717) is 19.4 Å². The maximum Gasteiger partial charge on any atom is 0.161 e. The molecule has 0 bridgehead atoms. The highest BCUT2D eigenvalue weighted by Gasteiger charge is 2.07. The van der Waals surface area contributed by atoms with Crippen LogP contribution >= 0.6 is 0 Å². The molecule has 0 spiro atoms. The Bertz CT molecular complexity index is 512. The molecule has 1 aromatic carbocycles. The van der Waals surface area contributed by atoms with Gasteiger partial charge in [0.15, 0.2) is 9.84 Å². The van der Waals surface area contributed by atoms with Crippen LogP contribution in [0.3, 0.4) is 0 Å². The van der Waals surface area contributed by atoms with Gasteiger partial charge in [0.1, 0.15) is 11.5 Å². The molecule has 0 amide bonds. The number of ether oxygens (including phenoxy) is 1. The van der Waals surface area contributed by atoms with E-state index in [-0.39, 0.29) is 11.5 Å². The van der Waals surface area contributed by atoms with Crippen LogP contribution in [0, 0.1) is 19.3 Å². The number of aryl methyl sites for hydroxylation is 1. The van der Waals surface area contributed by atoms with E-state index in [9.17, 15) is 8.42 Å². The second-order valence-corrected chi connectivity index (χ2v) is 6.30. The minimum Gasteiger partial charge on any atom is -0.493 e. The normalized spacial score (nSPS) is 10.9. The number of benzene rings is 1. The third-order valence-electron chi connectivity index (χ3n) is 2.50. The van der Waals surface area contributed by atoms with Crippen LogP contribution in [0.5, 0.6) is 5.75 Å². The summed E-state index contributed by atoms with van der Waals surface area (Å²) in [6.07, 6.45) is 6.27. The second-order valence-electron chi connectivity index (χ2n) is 4.12. The van der Waals surface area contributed by atoms with Gasteiger partial charge in [-0.2, -0.15) is 0 Å². The highest BCUT2D eigenvalue weighted by Crippen LogP contribution is 2.16. The zero-order chi connectivity index (χ0) is 13.4. The molecule has 0 atom stereocenters. The zero-order valence-electron chi connectivity index (χ0n) is 10.6. The fourth-order valence-electron chi connectivity index (χ4n) is 1.52. The Morgan fingerprint density at radius 2 is 2.00 bits per heavy atom. The second kappa shape index (κ2) is 7.07. The van der Waals surface area contributed by atoms with Crippen molar-refractivity contribution in [1.82, 2.24) is 0 Å². The molecule has 0 unspecified atom stereocenters. The molecule has 0 saturated carbocycles. The van der Waals surface area contributed by atoms with Crippen molar-refractivity contribution in [3.8, 4) is 18.1 Å². The van der Waals surface area contributed by atoms with Gasteiger partial charge in [0.25, 0.3) is 0 Å². The van der Waals surface area contributed by atoms with Crippen molar-refractivity contribution < 1.29 is 13.2 Å². The Kier molecular flexibility index (Phi) is 5.73. The zero-order valence-corrected chi connectivity index (χ0v) is 11.4. The lowest BCUT2D eigenvalue weighted by molar-refractivity contribution is 0.307. The van der Waals surface area contributed by atoms with Gasteiger partial charge in [-0.25, -0.2) is 8.42 Å². The minimum atomic E-state index is -3.08. The summed E-state index contributed by atoms with van der Waals surface area (Å²) >= 11 is 0. The summed E-state index contributed by atoms with van der Waals surface area (Å²) < 4.78 is 28.2. The van der Waals surface area contributed by atoms with Gasteiger partial charge >= 0.3 is 0 Å². The monoisotopic (exact) mass is 266 g/mol. The van der Waals surface area contributed by atoms with Crippen LogP contribution in [0.25, 0.3) is 0 Å². The average Bonchev–Trinajstić information content (AvgIpc) is 2.31. The number of terminal acetylenes is 1. The molecule has 0 aliphatic rings. The van der Waals surface area contributed by atoms with Crippen molar-refractivity contribution in [3.05, 3.63) is 29.8 Å². The largest absolute Gasteiger partial charge is 0.493 e. The quantitative estimate of drug-likeness (QED) is 0.561.